The van der Waals surface area contributed by atoms with Crippen molar-refractivity contribution >= 4 is 0 Å². The van der Waals surface area contributed by atoms with Crippen LogP contribution in [0.15, 0.2) is 11.6 Å². The molecular weight excluding hydrogens is 440 g/mol. The maximum Gasteiger partial charge on any atom is 0.0913 e. The fraction of sp³-hybridized carbons (Fsp3) is 0.933. The highest BCUT2D eigenvalue weighted by Gasteiger charge is 2.72. The average Bonchev–Trinajstić information content (AvgIpc) is 2.76. The molecule has 0 aromatic carbocycles. The Morgan fingerprint density at radius 3 is 2.09 bits per heavy atom. The van der Waals surface area contributed by atoms with E-state index in [0.29, 0.717) is 24.7 Å². The van der Waals surface area contributed by atoms with Gasteiger partial charge < -0.3 is 25.5 Å². The van der Waals surface area contributed by atoms with Crippen LogP contribution < -0.4 is 0 Å². The molecule has 4 saturated carbocycles. The van der Waals surface area contributed by atoms with Crippen molar-refractivity contribution in [1.82, 2.24) is 0 Å². The Balaban J connectivity index is 1.63. The molecule has 0 aromatic rings. The van der Waals surface area contributed by atoms with Gasteiger partial charge in [0.15, 0.2) is 0 Å². The van der Waals surface area contributed by atoms with E-state index < -0.39 is 29.1 Å². The fourth-order valence-corrected chi connectivity index (χ4v) is 10.9. The Bertz CT molecular complexity index is 910. The van der Waals surface area contributed by atoms with Crippen molar-refractivity contribution in [1.29, 1.82) is 0 Å². The summed E-state index contributed by atoms with van der Waals surface area (Å²) in [5, 5.41) is 55.6. The maximum atomic E-state index is 11.7. The second kappa shape index (κ2) is 7.56. The van der Waals surface area contributed by atoms with Gasteiger partial charge in [0, 0.05) is 0 Å². The molecule has 5 aliphatic carbocycles. The molecule has 3 unspecified atom stereocenters. The zero-order valence-corrected chi connectivity index (χ0v) is 23.0. The molecule has 5 nitrogen and oxygen atoms in total. The molecule has 5 heteroatoms. The summed E-state index contributed by atoms with van der Waals surface area (Å²) in [5.41, 5.74) is -0.580. The van der Waals surface area contributed by atoms with Gasteiger partial charge in [0.2, 0.25) is 0 Å². The Labute approximate surface area is 212 Å². The smallest absolute Gasteiger partial charge is 0.0913 e. The minimum absolute atomic E-state index is 0.0194. The lowest BCUT2D eigenvalue weighted by atomic mass is 9.33. The summed E-state index contributed by atoms with van der Waals surface area (Å²) in [5.74, 6) is 0.754. The molecule has 0 aromatic heterocycles. The summed E-state index contributed by atoms with van der Waals surface area (Å²) in [7, 11) is 0. The predicted octanol–water partition coefficient (Wildman–Crippen LogP) is 4.05. The monoisotopic (exact) mass is 490 g/mol. The molecule has 11 atom stereocenters. The first-order chi connectivity index (χ1) is 16.0. The number of fused-ring (bicyclic) bond motifs is 7. The van der Waals surface area contributed by atoms with Crippen LogP contribution in [0.25, 0.3) is 0 Å². The van der Waals surface area contributed by atoms with Gasteiger partial charge in [-0.05, 0) is 89.8 Å². The molecule has 5 aliphatic rings. The van der Waals surface area contributed by atoms with Crippen molar-refractivity contribution in [3.63, 3.8) is 0 Å². The minimum Gasteiger partial charge on any atom is -0.396 e. The van der Waals surface area contributed by atoms with Crippen molar-refractivity contribution in [3.05, 3.63) is 11.6 Å². The van der Waals surface area contributed by atoms with Gasteiger partial charge in [-0.1, -0.05) is 60.1 Å². The molecule has 4 fully saturated rings. The van der Waals surface area contributed by atoms with Gasteiger partial charge >= 0.3 is 0 Å². The van der Waals surface area contributed by atoms with Crippen molar-refractivity contribution in [2.45, 2.75) is 118 Å². The van der Waals surface area contributed by atoms with Crippen LogP contribution in [0.5, 0.6) is 0 Å². The van der Waals surface area contributed by atoms with Crippen molar-refractivity contribution in [2.24, 2.45) is 50.2 Å². The Hall–Kier alpha value is -0.460. The minimum atomic E-state index is -1.17. The average molecular weight is 491 g/mol. The molecular formula is C30H50O5. The lowest BCUT2D eigenvalue weighted by molar-refractivity contribution is -0.257. The fourth-order valence-electron chi connectivity index (χ4n) is 10.9. The van der Waals surface area contributed by atoms with Crippen molar-refractivity contribution in [3.8, 4) is 0 Å². The van der Waals surface area contributed by atoms with Crippen LogP contribution in [0.2, 0.25) is 0 Å². The van der Waals surface area contributed by atoms with Crippen molar-refractivity contribution in [2.75, 3.05) is 6.61 Å². The Morgan fingerprint density at radius 1 is 0.800 bits per heavy atom. The molecule has 200 valence electrons. The normalized spacial score (nSPS) is 56.7. The second-order valence-corrected chi connectivity index (χ2v) is 15.3. The van der Waals surface area contributed by atoms with Gasteiger partial charge in [0.25, 0.3) is 0 Å². The number of aliphatic hydroxyl groups excluding tert-OH is 5. The van der Waals surface area contributed by atoms with Crippen LogP contribution in [-0.4, -0.2) is 56.6 Å². The number of aliphatic hydroxyl groups is 5. The molecule has 0 bridgehead atoms. The van der Waals surface area contributed by atoms with Gasteiger partial charge in [-0.2, -0.15) is 0 Å². The molecule has 0 spiro atoms. The van der Waals surface area contributed by atoms with E-state index in [0.717, 1.165) is 32.1 Å². The quantitative estimate of drug-likeness (QED) is 0.357. The predicted molar refractivity (Wildman–Crippen MR) is 136 cm³/mol. The third-order valence-corrected chi connectivity index (χ3v) is 13.4. The first kappa shape index (κ1) is 26.2. The van der Waals surface area contributed by atoms with Gasteiger partial charge in [0.1, 0.15) is 0 Å². The standard InChI is InChI=1S/C30H50O5/c1-25(2)14-18-17-8-9-20-27(5)12-11-21(32)26(3,4)19(27)10-13-28(20,6)29(17,7)15-22(33)30(18,16-31)24(35)23(25)34/h8,18-24,31-35H,9-16H2,1-7H3/t18?,19?,20?,21-,22+,23-,24-,27-,28+,29+,30-/m0/s1. The van der Waals surface area contributed by atoms with E-state index in [9.17, 15) is 25.5 Å². The number of rotatable bonds is 1. The topological polar surface area (TPSA) is 101 Å². The molecule has 0 heterocycles. The lowest BCUT2D eigenvalue weighted by Crippen LogP contribution is -2.71. The highest BCUT2D eigenvalue weighted by molar-refractivity contribution is 5.36. The van der Waals surface area contributed by atoms with E-state index in [1.807, 2.05) is 13.8 Å². The van der Waals surface area contributed by atoms with E-state index in [2.05, 4.69) is 40.7 Å². The summed E-state index contributed by atoms with van der Waals surface area (Å²) < 4.78 is 0. The summed E-state index contributed by atoms with van der Waals surface area (Å²) in [6.07, 6.45) is 5.25. The number of allylic oxidation sites excluding steroid dienone is 2. The van der Waals surface area contributed by atoms with Gasteiger partial charge in [-0.25, -0.2) is 0 Å². The van der Waals surface area contributed by atoms with E-state index in [-0.39, 0.29) is 40.3 Å². The van der Waals surface area contributed by atoms with E-state index in [1.54, 1.807) is 0 Å². The number of hydrogen-bond acceptors (Lipinski definition) is 5. The molecule has 0 aliphatic heterocycles. The lowest BCUT2D eigenvalue weighted by Gasteiger charge is -2.72. The highest BCUT2D eigenvalue weighted by atomic mass is 16.3. The van der Waals surface area contributed by atoms with Crippen LogP contribution >= 0.6 is 0 Å². The third kappa shape index (κ3) is 2.94. The van der Waals surface area contributed by atoms with Crippen LogP contribution in [0.4, 0.5) is 0 Å². The second-order valence-electron chi connectivity index (χ2n) is 15.3. The summed E-state index contributed by atoms with van der Waals surface area (Å²) >= 11 is 0. The summed E-state index contributed by atoms with van der Waals surface area (Å²) in [4.78, 5) is 0. The van der Waals surface area contributed by atoms with Gasteiger partial charge in [-0.15, -0.1) is 0 Å². The van der Waals surface area contributed by atoms with E-state index >= 15 is 0 Å². The SMILES string of the molecule is CC1(C)CC2C3=CCC4[C@@]5(C)CC[C@H](O)C(C)(C)C5CC[C@@]4(C)[C@]3(C)C[C@@H](O)[C@@]2(CO)[C@@H](O)[C@@H]1O. The molecule has 0 saturated heterocycles. The zero-order chi connectivity index (χ0) is 26.0. The van der Waals surface area contributed by atoms with Crippen LogP contribution in [0.1, 0.15) is 93.4 Å². The van der Waals surface area contributed by atoms with Crippen molar-refractivity contribution < 1.29 is 25.5 Å². The Kier molecular flexibility index (Phi) is 5.65. The van der Waals surface area contributed by atoms with Gasteiger partial charge in [-0.3, -0.25) is 0 Å². The van der Waals surface area contributed by atoms with Crippen LogP contribution in [0.3, 0.4) is 0 Å². The van der Waals surface area contributed by atoms with Gasteiger partial charge in [0.05, 0.1) is 36.4 Å². The molecule has 5 rings (SSSR count). The summed E-state index contributed by atoms with van der Waals surface area (Å²) in [6.45, 7) is 15.4. The van der Waals surface area contributed by atoms with E-state index in [1.165, 1.54) is 5.57 Å². The first-order valence-electron chi connectivity index (χ1n) is 14.1. The first-order valence-corrected chi connectivity index (χ1v) is 14.1. The molecule has 0 radical (unpaired) electrons. The summed E-state index contributed by atoms with van der Waals surface area (Å²) in [6, 6.07) is 0. The highest BCUT2D eigenvalue weighted by Crippen LogP contribution is 2.75. The zero-order valence-electron chi connectivity index (χ0n) is 23.0. The molecule has 5 N–H and O–H groups in total. The maximum absolute atomic E-state index is 11.7. The van der Waals surface area contributed by atoms with Crippen LogP contribution in [-0.2, 0) is 0 Å². The molecule has 35 heavy (non-hydrogen) atoms. The Morgan fingerprint density at radius 2 is 1.46 bits per heavy atom. The van der Waals surface area contributed by atoms with E-state index in [4.69, 9.17) is 0 Å². The third-order valence-electron chi connectivity index (χ3n) is 13.4. The molecule has 0 amide bonds. The van der Waals surface area contributed by atoms with Crippen LogP contribution in [0, 0.1) is 50.2 Å². The number of hydrogen-bond donors (Lipinski definition) is 5. The largest absolute Gasteiger partial charge is 0.396 e.